The third kappa shape index (κ3) is 2.60. The molecule has 0 saturated heterocycles. The lowest BCUT2D eigenvalue weighted by molar-refractivity contribution is 0.0609. The molecule has 1 aliphatic carbocycles. The van der Waals surface area contributed by atoms with Gasteiger partial charge >= 0.3 is 0 Å². The van der Waals surface area contributed by atoms with E-state index in [4.69, 9.17) is 0 Å². The minimum Gasteiger partial charge on any atom is -0.386 e. The van der Waals surface area contributed by atoms with Crippen LogP contribution in [0, 0.1) is 11.8 Å². The van der Waals surface area contributed by atoms with Gasteiger partial charge in [0.25, 0.3) is 0 Å². The van der Waals surface area contributed by atoms with Gasteiger partial charge in [0.15, 0.2) is 0 Å². The Hall–Kier alpha value is -0.300. The molecule has 0 aliphatic heterocycles. The van der Waals surface area contributed by atoms with E-state index in [2.05, 4.69) is 20.4 Å². The van der Waals surface area contributed by atoms with Gasteiger partial charge in [-0.1, -0.05) is 26.8 Å². The van der Waals surface area contributed by atoms with E-state index in [0.29, 0.717) is 0 Å². The highest BCUT2D eigenvalue weighted by atomic mass is 16.3. The van der Waals surface area contributed by atoms with Crippen molar-refractivity contribution in [1.29, 1.82) is 0 Å². The van der Waals surface area contributed by atoms with Gasteiger partial charge in [-0.25, -0.2) is 0 Å². The zero-order chi connectivity index (χ0) is 10.8. The Morgan fingerprint density at radius 3 is 2.50 bits per heavy atom. The first-order chi connectivity index (χ1) is 6.46. The SMILES string of the molecule is C=C(C)C1(O)CCCC(C(C)C)CC1. The standard InChI is InChI=1S/C13H24O/c1-10(2)12-6-5-8-13(14,9-7-12)11(3)4/h10,12,14H,3,5-9H2,1-2,4H3. The largest absolute Gasteiger partial charge is 0.386 e. The number of rotatable bonds is 2. The second-order valence-electron chi connectivity index (χ2n) is 5.25. The fourth-order valence-corrected chi connectivity index (χ4v) is 2.44. The summed E-state index contributed by atoms with van der Waals surface area (Å²) >= 11 is 0. The summed E-state index contributed by atoms with van der Waals surface area (Å²) in [5, 5.41) is 10.3. The van der Waals surface area contributed by atoms with Crippen LogP contribution in [-0.2, 0) is 0 Å². The Labute approximate surface area is 88.2 Å². The van der Waals surface area contributed by atoms with Crippen molar-refractivity contribution in [3.05, 3.63) is 12.2 Å². The third-order valence-corrected chi connectivity index (χ3v) is 3.83. The van der Waals surface area contributed by atoms with Crippen molar-refractivity contribution in [3.8, 4) is 0 Å². The minimum atomic E-state index is -0.566. The molecule has 0 spiro atoms. The Balaban J connectivity index is 2.61. The van der Waals surface area contributed by atoms with E-state index in [1.54, 1.807) is 0 Å². The quantitative estimate of drug-likeness (QED) is 0.529. The van der Waals surface area contributed by atoms with E-state index in [-0.39, 0.29) is 0 Å². The predicted molar refractivity (Wildman–Crippen MR) is 61.2 cm³/mol. The first-order valence-electron chi connectivity index (χ1n) is 5.84. The van der Waals surface area contributed by atoms with E-state index in [0.717, 1.165) is 43.1 Å². The van der Waals surface area contributed by atoms with Gasteiger partial charge in [-0.15, -0.1) is 0 Å². The van der Waals surface area contributed by atoms with Crippen molar-refractivity contribution >= 4 is 0 Å². The van der Waals surface area contributed by atoms with Gasteiger partial charge < -0.3 is 5.11 Å². The summed E-state index contributed by atoms with van der Waals surface area (Å²) in [6, 6.07) is 0. The Morgan fingerprint density at radius 1 is 1.36 bits per heavy atom. The summed E-state index contributed by atoms with van der Waals surface area (Å²) in [6.45, 7) is 10.4. The van der Waals surface area contributed by atoms with Gasteiger partial charge in [0.2, 0.25) is 0 Å². The molecule has 0 heterocycles. The van der Waals surface area contributed by atoms with Crippen LogP contribution in [0.25, 0.3) is 0 Å². The highest BCUT2D eigenvalue weighted by molar-refractivity contribution is 5.09. The van der Waals surface area contributed by atoms with Crippen LogP contribution in [0.3, 0.4) is 0 Å². The van der Waals surface area contributed by atoms with Crippen LogP contribution in [0.15, 0.2) is 12.2 Å². The van der Waals surface area contributed by atoms with Crippen LogP contribution in [-0.4, -0.2) is 10.7 Å². The number of aliphatic hydroxyl groups is 1. The zero-order valence-electron chi connectivity index (χ0n) is 9.84. The molecule has 1 aliphatic rings. The predicted octanol–water partition coefficient (Wildman–Crippen LogP) is 3.53. The second-order valence-corrected chi connectivity index (χ2v) is 5.25. The van der Waals surface area contributed by atoms with E-state index < -0.39 is 5.60 Å². The first-order valence-corrected chi connectivity index (χ1v) is 5.84. The van der Waals surface area contributed by atoms with Crippen molar-refractivity contribution in [1.82, 2.24) is 0 Å². The summed E-state index contributed by atoms with van der Waals surface area (Å²) in [5.74, 6) is 1.55. The zero-order valence-corrected chi connectivity index (χ0v) is 9.84. The molecule has 14 heavy (non-hydrogen) atoms. The molecule has 2 unspecified atom stereocenters. The molecule has 1 N–H and O–H groups in total. The van der Waals surface area contributed by atoms with Gasteiger partial charge in [0.05, 0.1) is 5.60 Å². The summed E-state index contributed by atoms with van der Waals surface area (Å²) in [6.07, 6.45) is 5.39. The molecular weight excluding hydrogens is 172 g/mol. The summed E-state index contributed by atoms with van der Waals surface area (Å²) in [4.78, 5) is 0. The topological polar surface area (TPSA) is 20.2 Å². The van der Waals surface area contributed by atoms with Gasteiger partial charge in [-0.3, -0.25) is 0 Å². The van der Waals surface area contributed by atoms with Crippen molar-refractivity contribution in [3.63, 3.8) is 0 Å². The van der Waals surface area contributed by atoms with E-state index in [1.807, 2.05) is 6.92 Å². The third-order valence-electron chi connectivity index (χ3n) is 3.83. The van der Waals surface area contributed by atoms with Gasteiger partial charge in [0.1, 0.15) is 0 Å². The molecule has 0 bridgehead atoms. The maximum atomic E-state index is 10.3. The van der Waals surface area contributed by atoms with E-state index in [1.165, 1.54) is 6.42 Å². The van der Waals surface area contributed by atoms with Crippen LogP contribution >= 0.6 is 0 Å². The van der Waals surface area contributed by atoms with Crippen molar-refractivity contribution < 1.29 is 5.11 Å². The highest BCUT2D eigenvalue weighted by Gasteiger charge is 2.31. The molecule has 0 radical (unpaired) electrons. The first kappa shape index (κ1) is 11.8. The molecule has 1 nitrogen and oxygen atoms in total. The van der Waals surface area contributed by atoms with Crippen LogP contribution < -0.4 is 0 Å². The van der Waals surface area contributed by atoms with Crippen molar-refractivity contribution in [2.75, 3.05) is 0 Å². The minimum absolute atomic E-state index is 0.566. The Morgan fingerprint density at radius 2 is 2.00 bits per heavy atom. The molecule has 0 aromatic heterocycles. The summed E-state index contributed by atoms with van der Waals surface area (Å²) in [7, 11) is 0. The highest BCUT2D eigenvalue weighted by Crippen LogP contribution is 2.36. The van der Waals surface area contributed by atoms with Gasteiger partial charge in [-0.05, 0) is 50.0 Å². The normalized spacial score (nSPS) is 34.2. The molecular formula is C13H24O. The fraction of sp³-hybridized carbons (Fsp3) is 0.846. The maximum absolute atomic E-state index is 10.3. The van der Waals surface area contributed by atoms with Crippen LogP contribution in [0.1, 0.15) is 52.9 Å². The maximum Gasteiger partial charge on any atom is 0.0851 e. The molecule has 1 rings (SSSR count). The molecule has 0 aromatic rings. The van der Waals surface area contributed by atoms with E-state index in [9.17, 15) is 5.11 Å². The number of hydrogen-bond acceptors (Lipinski definition) is 1. The molecule has 2 atom stereocenters. The van der Waals surface area contributed by atoms with Crippen LogP contribution in [0.5, 0.6) is 0 Å². The van der Waals surface area contributed by atoms with Gasteiger partial charge in [-0.2, -0.15) is 0 Å². The Kier molecular flexibility index (Phi) is 3.77. The van der Waals surface area contributed by atoms with Crippen LogP contribution in [0.2, 0.25) is 0 Å². The molecule has 82 valence electrons. The molecule has 1 heteroatoms. The molecule has 1 saturated carbocycles. The summed E-state index contributed by atoms with van der Waals surface area (Å²) in [5.41, 5.74) is 0.380. The lowest BCUT2D eigenvalue weighted by Gasteiger charge is -2.27. The molecule has 1 fully saturated rings. The lowest BCUT2D eigenvalue weighted by atomic mass is 9.85. The van der Waals surface area contributed by atoms with Crippen molar-refractivity contribution in [2.24, 2.45) is 11.8 Å². The molecule has 0 aromatic carbocycles. The van der Waals surface area contributed by atoms with E-state index >= 15 is 0 Å². The van der Waals surface area contributed by atoms with Gasteiger partial charge in [0, 0.05) is 0 Å². The van der Waals surface area contributed by atoms with Crippen molar-refractivity contribution in [2.45, 2.75) is 58.5 Å². The molecule has 0 amide bonds. The second kappa shape index (κ2) is 4.48. The number of hydrogen-bond donors (Lipinski definition) is 1. The lowest BCUT2D eigenvalue weighted by Crippen LogP contribution is -2.28. The Bertz CT molecular complexity index is 207. The van der Waals surface area contributed by atoms with Crippen LogP contribution in [0.4, 0.5) is 0 Å². The monoisotopic (exact) mass is 196 g/mol. The summed E-state index contributed by atoms with van der Waals surface area (Å²) < 4.78 is 0. The average molecular weight is 196 g/mol. The smallest absolute Gasteiger partial charge is 0.0851 e. The average Bonchev–Trinajstić information content (AvgIpc) is 2.28. The fourth-order valence-electron chi connectivity index (χ4n) is 2.44.